The van der Waals surface area contributed by atoms with Crippen LogP contribution in [0.15, 0.2) is 17.0 Å². The molecule has 0 aromatic carbocycles. The van der Waals surface area contributed by atoms with Gasteiger partial charge in [-0.2, -0.15) is 5.10 Å². The number of aryl methyl sites for hydroxylation is 1. The van der Waals surface area contributed by atoms with Crippen LogP contribution in [0.1, 0.15) is 5.69 Å². The fourth-order valence-corrected chi connectivity index (χ4v) is 1.33. The largest absolute Gasteiger partial charge is 0.442 e. The van der Waals surface area contributed by atoms with Crippen molar-refractivity contribution >= 4 is 11.6 Å². The fraction of sp³-hybridized carbons (Fsp3) is 0.250. The second-order valence-corrected chi connectivity index (χ2v) is 3.12. The van der Waals surface area contributed by atoms with E-state index in [2.05, 4.69) is 10.1 Å². The molecular weight excluding hydrogens is 190 g/mol. The molecule has 2 heterocycles. The lowest BCUT2D eigenvalue weighted by Crippen LogP contribution is -1.92. The highest BCUT2D eigenvalue weighted by molar-refractivity contribution is 6.33. The van der Waals surface area contributed by atoms with Crippen molar-refractivity contribution in [3.05, 3.63) is 23.3 Å². The Morgan fingerprint density at radius 2 is 2.31 bits per heavy atom. The molecule has 0 spiro atoms. The van der Waals surface area contributed by atoms with Crippen LogP contribution in [0.25, 0.3) is 11.5 Å². The Hall–Kier alpha value is -1.29. The molecule has 0 saturated carbocycles. The van der Waals surface area contributed by atoms with Crippen LogP contribution in [0.3, 0.4) is 0 Å². The van der Waals surface area contributed by atoms with Gasteiger partial charge in [0.05, 0.1) is 16.9 Å². The lowest BCUT2D eigenvalue weighted by Gasteiger charge is -1.89. The van der Waals surface area contributed by atoms with Crippen molar-refractivity contribution in [1.29, 1.82) is 0 Å². The van der Waals surface area contributed by atoms with E-state index in [-0.39, 0.29) is 0 Å². The summed E-state index contributed by atoms with van der Waals surface area (Å²) >= 11 is 6.03. The number of rotatable bonds is 1. The maximum atomic E-state index is 6.03. The van der Waals surface area contributed by atoms with E-state index in [9.17, 15) is 0 Å². The second-order valence-electron chi connectivity index (χ2n) is 2.74. The van der Waals surface area contributed by atoms with E-state index in [1.807, 2.05) is 14.0 Å². The summed E-state index contributed by atoms with van der Waals surface area (Å²) in [5, 5.41) is 4.81. The first-order valence-electron chi connectivity index (χ1n) is 3.78. The third kappa shape index (κ3) is 1.23. The summed E-state index contributed by atoms with van der Waals surface area (Å²) in [6.45, 7) is 1.90. The molecule has 0 atom stereocenters. The van der Waals surface area contributed by atoms with E-state index in [4.69, 9.17) is 16.0 Å². The molecule has 0 saturated heterocycles. The Bertz CT molecular complexity index is 419. The van der Waals surface area contributed by atoms with Crippen LogP contribution in [0.2, 0.25) is 5.02 Å². The van der Waals surface area contributed by atoms with Crippen molar-refractivity contribution in [2.45, 2.75) is 6.92 Å². The Labute approximate surface area is 80.1 Å². The SMILES string of the molecule is Cc1c(Cl)c(-c2cnco2)nn1C. The molecule has 68 valence electrons. The number of hydrogen-bond acceptors (Lipinski definition) is 3. The van der Waals surface area contributed by atoms with Crippen LogP contribution < -0.4 is 0 Å². The summed E-state index contributed by atoms with van der Waals surface area (Å²) in [6.07, 6.45) is 2.95. The van der Waals surface area contributed by atoms with E-state index >= 15 is 0 Å². The lowest BCUT2D eigenvalue weighted by molar-refractivity contribution is 0.568. The summed E-state index contributed by atoms with van der Waals surface area (Å²) in [5.41, 5.74) is 1.55. The molecule has 0 bridgehead atoms. The maximum Gasteiger partial charge on any atom is 0.181 e. The number of aromatic nitrogens is 3. The van der Waals surface area contributed by atoms with Crippen molar-refractivity contribution in [3.63, 3.8) is 0 Å². The third-order valence-electron chi connectivity index (χ3n) is 1.93. The third-order valence-corrected chi connectivity index (χ3v) is 2.38. The van der Waals surface area contributed by atoms with E-state index in [0.29, 0.717) is 16.5 Å². The minimum Gasteiger partial charge on any atom is -0.442 e. The number of oxazole rings is 1. The molecule has 0 aliphatic rings. The van der Waals surface area contributed by atoms with E-state index < -0.39 is 0 Å². The molecule has 0 N–H and O–H groups in total. The van der Waals surface area contributed by atoms with Crippen LogP contribution in [-0.4, -0.2) is 14.8 Å². The summed E-state index contributed by atoms with van der Waals surface area (Å²) in [7, 11) is 1.83. The van der Waals surface area contributed by atoms with Gasteiger partial charge in [-0.05, 0) is 6.92 Å². The lowest BCUT2D eigenvalue weighted by atomic mass is 10.3. The highest BCUT2D eigenvalue weighted by Crippen LogP contribution is 2.28. The van der Waals surface area contributed by atoms with Gasteiger partial charge < -0.3 is 4.42 Å². The molecule has 13 heavy (non-hydrogen) atoms. The van der Waals surface area contributed by atoms with E-state index in [1.54, 1.807) is 10.9 Å². The van der Waals surface area contributed by atoms with Gasteiger partial charge >= 0.3 is 0 Å². The molecule has 5 heteroatoms. The van der Waals surface area contributed by atoms with Gasteiger partial charge in [-0.15, -0.1) is 0 Å². The van der Waals surface area contributed by atoms with Gasteiger partial charge in [0.1, 0.15) is 5.69 Å². The Balaban J connectivity index is 2.59. The number of hydrogen-bond donors (Lipinski definition) is 0. The normalized spacial score (nSPS) is 10.7. The van der Waals surface area contributed by atoms with Crippen LogP contribution in [0.5, 0.6) is 0 Å². The fourth-order valence-electron chi connectivity index (χ4n) is 1.07. The molecule has 2 aromatic heterocycles. The quantitative estimate of drug-likeness (QED) is 0.703. The molecule has 0 unspecified atom stereocenters. The van der Waals surface area contributed by atoms with Crippen molar-refractivity contribution in [2.24, 2.45) is 7.05 Å². The first kappa shape index (κ1) is 8.31. The minimum absolute atomic E-state index is 0.591. The van der Waals surface area contributed by atoms with E-state index in [0.717, 1.165) is 5.69 Å². The predicted molar refractivity (Wildman–Crippen MR) is 48.5 cm³/mol. The first-order valence-corrected chi connectivity index (χ1v) is 4.16. The zero-order valence-electron chi connectivity index (χ0n) is 7.28. The first-order chi connectivity index (χ1) is 6.20. The average Bonchev–Trinajstić information content (AvgIpc) is 2.70. The van der Waals surface area contributed by atoms with Gasteiger partial charge in [-0.25, -0.2) is 4.98 Å². The minimum atomic E-state index is 0.591. The van der Waals surface area contributed by atoms with Crippen molar-refractivity contribution < 1.29 is 4.42 Å². The monoisotopic (exact) mass is 197 g/mol. The Morgan fingerprint density at radius 3 is 2.77 bits per heavy atom. The van der Waals surface area contributed by atoms with Gasteiger partial charge in [0.2, 0.25) is 0 Å². The summed E-state index contributed by atoms with van der Waals surface area (Å²) in [5.74, 6) is 0.591. The second kappa shape index (κ2) is 2.88. The molecule has 4 nitrogen and oxygen atoms in total. The van der Waals surface area contributed by atoms with Gasteiger partial charge in [-0.3, -0.25) is 4.68 Å². The van der Waals surface area contributed by atoms with Gasteiger partial charge in [0.15, 0.2) is 12.2 Å². The molecular formula is C8H8ClN3O. The molecule has 0 aliphatic heterocycles. The smallest absolute Gasteiger partial charge is 0.181 e. The van der Waals surface area contributed by atoms with Crippen LogP contribution in [-0.2, 0) is 7.05 Å². The maximum absolute atomic E-state index is 6.03. The van der Waals surface area contributed by atoms with Gasteiger partial charge in [0, 0.05) is 7.05 Å². The van der Waals surface area contributed by atoms with Crippen LogP contribution in [0.4, 0.5) is 0 Å². The van der Waals surface area contributed by atoms with Gasteiger partial charge in [0.25, 0.3) is 0 Å². The van der Waals surface area contributed by atoms with Crippen molar-refractivity contribution in [1.82, 2.24) is 14.8 Å². The predicted octanol–water partition coefficient (Wildman–Crippen LogP) is 2.04. The molecule has 0 radical (unpaired) electrons. The van der Waals surface area contributed by atoms with Crippen LogP contribution >= 0.6 is 11.6 Å². The summed E-state index contributed by atoms with van der Waals surface area (Å²) in [6, 6.07) is 0. The average molecular weight is 198 g/mol. The topological polar surface area (TPSA) is 43.9 Å². The van der Waals surface area contributed by atoms with Gasteiger partial charge in [-0.1, -0.05) is 11.6 Å². The van der Waals surface area contributed by atoms with Crippen molar-refractivity contribution in [2.75, 3.05) is 0 Å². The highest BCUT2D eigenvalue weighted by Gasteiger charge is 2.14. The molecule has 0 aliphatic carbocycles. The zero-order valence-corrected chi connectivity index (χ0v) is 8.04. The molecule has 2 rings (SSSR count). The highest BCUT2D eigenvalue weighted by atomic mass is 35.5. The summed E-state index contributed by atoms with van der Waals surface area (Å²) < 4.78 is 6.81. The Morgan fingerprint density at radius 1 is 1.54 bits per heavy atom. The van der Waals surface area contributed by atoms with Crippen LogP contribution in [0, 0.1) is 6.92 Å². The molecule has 0 amide bonds. The molecule has 0 fully saturated rings. The Kier molecular flexibility index (Phi) is 1.84. The summed E-state index contributed by atoms with van der Waals surface area (Å²) in [4.78, 5) is 3.80. The standard InChI is InChI=1S/C8H8ClN3O/c1-5-7(9)8(11-12(5)2)6-3-10-4-13-6/h3-4H,1-2H3. The molecule has 2 aromatic rings. The zero-order chi connectivity index (χ0) is 9.42. The number of nitrogens with zero attached hydrogens (tertiary/aromatic N) is 3. The van der Waals surface area contributed by atoms with E-state index in [1.165, 1.54) is 6.39 Å². The number of halogens is 1. The van der Waals surface area contributed by atoms with Crippen molar-refractivity contribution in [3.8, 4) is 11.5 Å².